The Morgan fingerprint density at radius 3 is 0.984 bits per heavy atom. The van der Waals surface area contributed by atoms with Crippen LogP contribution in [0.3, 0.4) is 0 Å². The van der Waals surface area contributed by atoms with E-state index in [1.54, 1.807) is 0 Å². The minimum absolute atomic E-state index is 0.0807. The van der Waals surface area contributed by atoms with E-state index in [0.29, 0.717) is 19.3 Å². The summed E-state index contributed by atoms with van der Waals surface area (Å²) in [6.45, 7) is 6.46. The molecule has 0 aliphatic rings. The summed E-state index contributed by atoms with van der Waals surface area (Å²) < 4.78 is 16.8. The first-order chi connectivity index (χ1) is 31.5. The minimum Gasteiger partial charge on any atom is -0.462 e. The molecule has 0 aromatic heterocycles. The molecule has 368 valence electrons. The van der Waals surface area contributed by atoms with Gasteiger partial charge in [0.2, 0.25) is 0 Å². The van der Waals surface area contributed by atoms with Gasteiger partial charge in [-0.3, -0.25) is 14.4 Å². The highest BCUT2D eigenvalue weighted by atomic mass is 16.6. The smallest absolute Gasteiger partial charge is 0.306 e. The quantitative estimate of drug-likeness (QED) is 0.0262. The molecule has 0 N–H and O–H groups in total. The number of hydrogen-bond donors (Lipinski definition) is 0. The summed E-state index contributed by atoms with van der Waals surface area (Å²) in [5.41, 5.74) is 0. The molecular formula is C58H100O6. The largest absolute Gasteiger partial charge is 0.462 e. The van der Waals surface area contributed by atoms with Gasteiger partial charge in [0.05, 0.1) is 0 Å². The van der Waals surface area contributed by atoms with Gasteiger partial charge in [-0.15, -0.1) is 0 Å². The van der Waals surface area contributed by atoms with E-state index in [4.69, 9.17) is 14.2 Å². The maximum absolute atomic E-state index is 12.8. The summed E-state index contributed by atoms with van der Waals surface area (Å²) >= 11 is 0. The van der Waals surface area contributed by atoms with Crippen LogP contribution < -0.4 is 0 Å². The maximum atomic E-state index is 12.8. The molecule has 0 aromatic rings. The monoisotopic (exact) mass is 893 g/mol. The Labute approximate surface area is 395 Å². The Morgan fingerprint density at radius 2 is 0.609 bits per heavy atom. The van der Waals surface area contributed by atoms with Crippen molar-refractivity contribution in [3.63, 3.8) is 0 Å². The van der Waals surface area contributed by atoms with Crippen molar-refractivity contribution in [2.24, 2.45) is 0 Å². The number of rotatable bonds is 48. The van der Waals surface area contributed by atoms with Gasteiger partial charge in [0.25, 0.3) is 0 Å². The van der Waals surface area contributed by atoms with Crippen molar-refractivity contribution in [2.75, 3.05) is 13.2 Å². The van der Waals surface area contributed by atoms with Crippen LogP contribution in [-0.4, -0.2) is 37.2 Å². The van der Waals surface area contributed by atoms with E-state index < -0.39 is 6.10 Å². The van der Waals surface area contributed by atoms with E-state index in [2.05, 4.69) is 93.7 Å². The Hall–Kier alpha value is -3.15. The zero-order chi connectivity index (χ0) is 46.5. The second-order valence-electron chi connectivity index (χ2n) is 17.8. The van der Waals surface area contributed by atoms with Crippen LogP contribution >= 0.6 is 0 Å². The summed E-state index contributed by atoms with van der Waals surface area (Å²) in [7, 11) is 0. The lowest BCUT2D eigenvalue weighted by atomic mass is 10.1. The van der Waals surface area contributed by atoms with Gasteiger partial charge in [-0.25, -0.2) is 0 Å². The molecule has 0 amide bonds. The van der Waals surface area contributed by atoms with E-state index in [1.165, 1.54) is 122 Å². The highest BCUT2D eigenvalue weighted by Crippen LogP contribution is 2.15. The molecule has 0 fully saturated rings. The van der Waals surface area contributed by atoms with Crippen LogP contribution in [0.15, 0.2) is 72.9 Å². The van der Waals surface area contributed by atoms with Crippen molar-refractivity contribution in [1.29, 1.82) is 0 Å². The third kappa shape index (κ3) is 49.9. The molecule has 6 nitrogen and oxygen atoms in total. The number of esters is 3. The normalized spacial score (nSPS) is 12.6. The van der Waals surface area contributed by atoms with Gasteiger partial charge < -0.3 is 14.2 Å². The fourth-order valence-electron chi connectivity index (χ4n) is 7.40. The Balaban J connectivity index is 4.30. The molecule has 0 saturated heterocycles. The van der Waals surface area contributed by atoms with Crippen molar-refractivity contribution >= 4 is 17.9 Å². The van der Waals surface area contributed by atoms with Gasteiger partial charge in [0.15, 0.2) is 6.10 Å². The second kappa shape index (κ2) is 52.5. The summed E-state index contributed by atoms with van der Waals surface area (Å²) in [4.78, 5) is 37.9. The van der Waals surface area contributed by atoms with Crippen LogP contribution in [0.5, 0.6) is 0 Å². The van der Waals surface area contributed by atoms with Gasteiger partial charge in [-0.1, -0.05) is 222 Å². The summed E-state index contributed by atoms with van der Waals surface area (Å²) in [5.74, 6) is -0.900. The topological polar surface area (TPSA) is 78.9 Å². The molecule has 0 heterocycles. The third-order valence-corrected chi connectivity index (χ3v) is 11.4. The fraction of sp³-hybridized carbons (Fsp3) is 0.741. The lowest BCUT2D eigenvalue weighted by molar-refractivity contribution is -0.167. The molecule has 1 atom stereocenters. The highest BCUT2D eigenvalue weighted by Gasteiger charge is 2.19. The zero-order valence-electron chi connectivity index (χ0n) is 42.0. The first-order valence-electron chi connectivity index (χ1n) is 26.9. The van der Waals surface area contributed by atoms with E-state index in [0.717, 1.165) is 96.3 Å². The molecule has 0 spiro atoms. The van der Waals surface area contributed by atoms with Crippen LogP contribution in [0.2, 0.25) is 0 Å². The van der Waals surface area contributed by atoms with Crippen LogP contribution in [0.1, 0.15) is 258 Å². The van der Waals surface area contributed by atoms with Crippen molar-refractivity contribution in [2.45, 2.75) is 264 Å². The predicted octanol–water partition coefficient (Wildman–Crippen LogP) is 17.8. The highest BCUT2D eigenvalue weighted by molar-refractivity contribution is 5.71. The molecule has 1 unspecified atom stereocenters. The molecule has 0 saturated carbocycles. The van der Waals surface area contributed by atoms with Gasteiger partial charge in [-0.2, -0.15) is 0 Å². The van der Waals surface area contributed by atoms with Gasteiger partial charge >= 0.3 is 17.9 Å². The van der Waals surface area contributed by atoms with Gasteiger partial charge in [0, 0.05) is 19.3 Å². The molecule has 0 aliphatic carbocycles. The predicted molar refractivity (Wildman–Crippen MR) is 274 cm³/mol. The van der Waals surface area contributed by atoms with E-state index >= 15 is 0 Å². The van der Waals surface area contributed by atoms with Gasteiger partial charge in [0.1, 0.15) is 13.2 Å². The molecule has 0 radical (unpaired) electrons. The minimum atomic E-state index is -0.781. The average Bonchev–Trinajstić information content (AvgIpc) is 3.29. The van der Waals surface area contributed by atoms with E-state index in [1.807, 2.05) is 0 Å². The number of carbonyl (C=O) groups is 3. The van der Waals surface area contributed by atoms with Gasteiger partial charge in [-0.05, 0) is 89.9 Å². The van der Waals surface area contributed by atoms with Crippen LogP contribution in [0, 0.1) is 0 Å². The first-order valence-corrected chi connectivity index (χ1v) is 26.9. The van der Waals surface area contributed by atoms with Crippen LogP contribution in [0.25, 0.3) is 0 Å². The number of unbranched alkanes of at least 4 members (excludes halogenated alkanes) is 25. The van der Waals surface area contributed by atoms with E-state index in [-0.39, 0.29) is 31.1 Å². The Morgan fingerprint density at radius 1 is 0.328 bits per heavy atom. The Kier molecular flexibility index (Phi) is 49.9. The standard InChI is InChI=1S/C58H100O6/c1-4-7-10-13-16-19-21-23-25-27-29-31-33-35-37-39-42-45-48-51-57(60)63-54-55(53-62-56(59)50-47-44-41-18-15-12-9-6-3)64-58(61)52-49-46-43-40-38-36-34-32-30-28-26-24-22-20-17-14-11-8-5-2/h7,10,16-17,19-20,23-26,29,31,55H,4-6,8-9,11-15,18,21-22,27-28,30,32-54H2,1-3H3/b10-7-,19-16-,20-17-,25-23-,26-24-,31-29-. The lowest BCUT2D eigenvalue weighted by Crippen LogP contribution is -2.30. The van der Waals surface area contributed by atoms with Crippen LogP contribution in [-0.2, 0) is 28.6 Å². The summed E-state index contributed by atoms with van der Waals surface area (Å²) in [6.07, 6.45) is 66.1. The zero-order valence-corrected chi connectivity index (χ0v) is 42.0. The summed E-state index contributed by atoms with van der Waals surface area (Å²) in [6, 6.07) is 0. The number of hydrogen-bond acceptors (Lipinski definition) is 6. The number of allylic oxidation sites excluding steroid dienone is 12. The van der Waals surface area contributed by atoms with Crippen molar-refractivity contribution in [1.82, 2.24) is 0 Å². The summed E-state index contributed by atoms with van der Waals surface area (Å²) in [5, 5.41) is 0. The van der Waals surface area contributed by atoms with Crippen molar-refractivity contribution in [3.8, 4) is 0 Å². The molecule has 0 bridgehead atoms. The molecule has 0 rings (SSSR count). The number of carbonyl (C=O) groups excluding carboxylic acids is 3. The Bertz CT molecular complexity index is 1210. The first kappa shape index (κ1) is 60.9. The van der Waals surface area contributed by atoms with Crippen molar-refractivity contribution < 1.29 is 28.6 Å². The molecular weight excluding hydrogens is 793 g/mol. The molecule has 64 heavy (non-hydrogen) atoms. The third-order valence-electron chi connectivity index (χ3n) is 11.4. The number of ether oxygens (including phenoxy) is 3. The lowest BCUT2D eigenvalue weighted by Gasteiger charge is -2.18. The van der Waals surface area contributed by atoms with Crippen molar-refractivity contribution in [3.05, 3.63) is 72.9 Å². The maximum Gasteiger partial charge on any atom is 0.306 e. The SMILES string of the molecule is CC/C=C\C/C=C\C/C=C\C/C=C\CCCCCCCCC(=O)OCC(COC(=O)CCCCCCCCCC)OC(=O)CCCCCCCCCCC/C=C\C/C=C\CCCCC. The fourth-order valence-corrected chi connectivity index (χ4v) is 7.40. The van der Waals surface area contributed by atoms with E-state index in [9.17, 15) is 14.4 Å². The second-order valence-corrected chi connectivity index (χ2v) is 17.8. The van der Waals surface area contributed by atoms with Crippen LogP contribution in [0.4, 0.5) is 0 Å². The molecule has 6 heteroatoms. The molecule has 0 aliphatic heterocycles. The average molecular weight is 893 g/mol. The molecule has 0 aromatic carbocycles.